The van der Waals surface area contributed by atoms with Gasteiger partial charge in [0, 0.05) is 18.0 Å². The molecule has 0 fully saturated rings. The van der Waals surface area contributed by atoms with Gasteiger partial charge in [0.05, 0.1) is 11.7 Å². The molecule has 4 aromatic rings. The van der Waals surface area contributed by atoms with Crippen LogP contribution in [0.1, 0.15) is 43.5 Å². The molecule has 4 rings (SSSR count). The van der Waals surface area contributed by atoms with Gasteiger partial charge in [-0.3, -0.25) is 4.98 Å². The molecule has 36 heavy (non-hydrogen) atoms. The Hall–Kier alpha value is -4.12. The highest BCUT2D eigenvalue weighted by atomic mass is 16.5. The smallest absolute Gasteiger partial charge is 0.319 e. The summed E-state index contributed by atoms with van der Waals surface area (Å²) in [4.78, 5) is 17.5. The first-order valence-electron chi connectivity index (χ1n) is 12.2. The lowest BCUT2D eigenvalue weighted by Gasteiger charge is -2.31. The molecule has 0 saturated carbocycles. The fourth-order valence-corrected chi connectivity index (χ4v) is 4.20. The van der Waals surface area contributed by atoms with E-state index in [1.54, 1.807) is 12.4 Å². The van der Waals surface area contributed by atoms with Crippen molar-refractivity contribution < 1.29 is 9.53 Å². The van der Waals surface area contributed by atoms with Gasteiger partial charge in [-0.05, 0) is 58.9 Å². The Balaban J connectivity index is 1.60. The number of nitrogens with one attached hydrogen (secondary N) is 2. The molecular weight excluding hydrogens is 446 g/mol. The number of carbonyl (C=O) groups is 1. The van der Waals surface area contributed by atoms with E-state index in [9.17, 15) is 4.79 Å². The summed E-state index contributed by atoms with van der Waals surface area (Å²) in [5, 5.41) is 6.24. The van der Waals surface area contributed by atoms with Crippen molar-refractivity contribution in [3.63, 3.8) is 0 Å². The molecule has 0 saturated heterocycles. The SMILES string of the molecule is Cc1ccccc1-c1cc(OCc2ccccc2)ccc1NC(=O)NC(c1cccnc1)C(C)(C)C. The molecule has 5 heteroatoms. The van der Waals surface area contributed by atoms with Gasteiger partial charge in [0.1, 0.15) is 12.4 Å². The fourth-order valence-electron chi connectivity index (χ4n) is 4.20. The third-order valence-electron chi connectivity index (χ3n) is 6.08. The predicted molar refractivity (Wildman–Crippen MR) is 146 cm³/mol. The standard InChI is InChI=1S/C31H33N3O2/c1-22-11-8-9-15-26(22)27-19-25(36-21-23-12-6-5-7-13-23)16-17-28(27)33-30(35)34-29(31(2,3)4)24-14-10-18-32-20-24/h5-20,29H,21H2,1-4H3,(H2,33,34,35). The summed E-state index contributed by atoms with van der Waals surface area (Å²) in [5.74, 6) is 0.742. The molecule has 0 bridgehead atoms. The fraction of sp³-hybridized carbons (Fsp3) is 0.226. The molecule has 0 aliphatic carbocycles. The van der Waals surface area contributed by atoms with Crippen molar-refractivity contribution in [2.75, 3.05) is 5.32 Å². The summed E-state index contributed by atoms with van der Waals surface area (Å²) in [6.07, 6.45) is 3.53. The van der Waals surface area contributed by atoms with Crippen molar-refractivity contribution in [2.24, 2.45) is 5.41 Å². The van der Waals surface area contributed by atoms with Crippen molar-refractivity contribution >= 4 is 11.7 Å². The van der Waals surface area contributed by atoms with Crippen LogP contribution in [-0.2, 0) is 6.61 Å². The highest BCUT2D eigenvalue weighted by molar-refractivity contribution is 5.95. The third-order valence-corrected chi connectivity index (χ3v) is 6.08. The molecule has 0 spiro atoms. The van der Waals surface area contributed by atoms with Crippen molar-refractivity contribution in [2.45, 2.75) is 40.3 Å². The average molecular weight is 480 g/mol. The highest BCUT2D eigenvalue weighted by Crippen LogP contribution is 2.35. The van der Waals surface area contributed by atoms with Crippen LogP contribution in [0.2, 0.25) is 0 Å². The van der Waals surface area contributed by atoms with Crippen molar-refractivity contribution in [3.8, 4) is 16.9 Å². The molecule has 1 aromatic heterocycles. The molecule has 2 N–H and O–H groups in total. The lowest BCUT2D eigenvalue weighted by molar-refractivity contribution is 0.229. The number of hydrogen-bond acceptors (Lipinski definition) is 3. The first kappa shape index (κ1) is 25.0. The molecule has 184 valence electrons. The van der Waals surface area contributed by atoms with Gasteiger partial charge in [-0.25, -0.2) is 4.79 Å². The van der Waals surface area contributed by atoms with E-state index >= 15 is 0 Å². The van der Waals surface area contributed by atoms with Gasteiger partial charge in [0.25, 0.3) is 0 Å². The van der Waals surface area contributed by atoms with Gasteiger partial charge in [0.2, 0.25) is 0 Å². The normalized spacial score (nSPS) is 12.0. The van der Waals surface area contributed by atoms with E-state index in [1.165, 1.54) is 0 Å². The van der Waals surface area contributed by atoms with E-state index in [0.717, 1.165) is 33.6 Å². The minimum Gasteiger partial charge on any atom is -0.489 e. The summed E-state index contributed by atoms with van der Waals surface area (Å²) in [6, 6.07) is 27.4. The van der Waals surface area contributed by atoms with Gasteiger partial charge in [-0.15, -0.1) is 0 Å². The van der Waals surface area contributed by atoms with Gasteiger partial charge < -0.3 is 15.4 Å². The number of aryl methyl sites for hydroxylation is 1. The largest absolute Gasteiger partial charge is 0.489 e. The summed E-state index contributed by atoms with van der Waals surface area (Å²) < 4.78 is 6.09. The molecule has 2 amide bonds. The van der Waals surface area contributed by atoms with E-state index in [1.807, 2.05) is 72.8 Å². The molecule has 0 radical (unpaired) electrons. The molecule has 0 aliphatic heterocycles. The van der Waals surface area contributed by atoms with Crippen LogP contribution in [0.3, 0.4) is 0 Å². The van der Waals surface area contributed by atoms with Crippen LogP contribution in [0.25, 0.3) is 11.1 Å². The second-order valence-electron chi connectivity index (χ2n) is 9.98. The van der Waals surface area contributed by atoms with Gasteiger partial charge >= 0.3 is 6.03 Å². The van der Waals surface area contributed by atoms with Crippen molar-refractivity contribution in [1.29, 1.82) is 0 Å². The zero-order valence-corrected chi connectivity index (χ0v) is 21.3. The van der Waals surface area contributed by atoms with Crippen LogP contribution in [0.4, 0.5) is 10.5 Å². The Morgan fingerprint density at radius 1 is 0.917 bits per heavy atom. The summed E-state index contributed by atoms with van der Waals surface area (Å²) >= 11 is 0. The van der Waals surface area contributed by atoms with Crippen LogP contribution in [-0.4, -0.2) is 11.0 Å². The van der Waals surface area contributed by atoms with Crippen molar-refractivity contribution in [1.82, 2.24) is 10.3 Å². The summed E-state index contributed by atoms with van der Waals surface area (Å²) in [5.41, 5.74) is 5.63. The Bertz CT molecular complexity index is 1300. The number of benzene rings is 3. The predicted octanol–water partition coefficient (Wildman–Crippen LogP) is 7.54. The molecule has 1 heterocycles. The zero-order chi connectivity index (χ0) is 25.5. The van der Waals surface area contributed by atoms with Crippen LogP contribution < -0.4 is 15.4 Å². The maximum atomic E-state index is 13.2. The number of nitrogens with zero attached hydrogens (tertiary/aromatic N) is 1. The highest BCUT2D eigenvalue weighted by Gasteiger charge is 2.28. The molecule has 3 aromatic carbocycles. The first-order valence-corrected chi connectivity index (χ1v) is 12.2. The van der Waals surface area contributed by atoms with E-state index in [4.69, 9.17) is 4.74 Å². The number of ether oxygens (including phenoxy) is 1. The summed E-state index contributed by atoms with van der Waals surface area (Å²) in [7, 11) is 0. The third kappa shape index (κ3) is 6.30. The second kappa shape index (κ2) is 11.1. The minimum atomic E-state index is -0.272. The number of amides is 2. The molecule has 5 nitrogen and oxygen atoms in total. The van der Waals surface area contributed by atoms with Crippen molar-refractivity contribution in [3.05, 3.63) is 114 Å². The molecular formula is C31H33N3O2. The van der Waals surface area contributed by atoms with E-state index < -0.39 is 0 Å². The van der Waals surface area contributed by atoms with E-state index in [-0.39, 0.29) is 17.5 Å². The Kier molecular flexibility index (Phi) is 7.69. The number of hydrogen-bond donors (Lipinski definition) is 2. The number of rotatable bonds is 7. The van der Waals surface area contributed by atoms with E-state index in [2.05, 4.69) is 55.4 Å². The topological polar surface area (TPSA) is 63.2 Å². The summed E-state index contributed by atoms with van der Waals surface area (Å²) in [6.45, 7) is 8.84. The monoisotopic (exact) mass is 479 g/mol. The number of carbonyl (C=O) groups excluding carboxylic acids is 1. The average Bonchev–Trinajstić information content (AvgIpc) is 2.87. The number of urea groups is 1. The minimum absolute atomic E-state index is 0.200. The Morgan fingerprint density at radius 3 is 2.36 bits per heavy atom. The second-order valence-corrected chi connectivity index (χ2v) is 9.98. The number of pyridine rings is 1. The maximum Gasteiger partial charge on any atom is 0.319 e. The van der Waals surface area contributed by atoms with Crippen LogP contribution >= 0.6 is 0 Å². The van der Waals surface area contributed by atoms with Crippen LogP contribution in [0.15, 0.2) is 97.3 Å². The number of anilines is 1. The molecule has 0 aliphatic rings. The maximum absolute atomic E-state index is 13.2. The van der Waals surface area contributed by atoms with Gasteiger partial charge in [-0.1, -0.05) is 81.4 Å². The molecule has 1 unspecified atom stereocenters. The first-order chi connectivity index (χ1) is 17.3. The quantitative estimate of drug-likeness (QED) is 0.288. The van der Waals surface area contributed by atoms with Crippen LogP contribution in [0, 0.1) is 12.3 Å². The number of aromatic nitrogens is 1. The molecule has 1 atom stereocenters. The van der Waals surface area contributed by atoms with E-state index in [0.29, 0.717) is 12.3 Å². The van der Waals surface area contributed by atoms with Crippen LogP contribution in [0.5, 0.6) is 5.75 Å². The zero-order valence-electron chi connectivity index (χ0n) is 21.3. The lowest BCUT2D eigenvalue weighted by atomic mass is 9.83. The Labute approximate surface area is 213 Å². The lowest BCUT2D eigenvalue weighted by Crippen LogP contribution is -2.39. The Morgan fingerprint density at radius 2 is 1.67 bits per heavy atom. The van der Waals surface area contributed by atoms with Gasteiger partial charge in [0.15, 0.2) is 0 Å². The van der Waals surface area contributed by atoms with Gasteiger partial charge in [-0.2, -0.15) is 0 Å².